The van der Waals surface area contributed by atoms with Gasteiger partial charge in [-0.05, 0) is 54.8 Å². The zero-order chi connectivity index (χ0) is 27.9. The number of likely N-dealkylation sites (tertiary alicyclic amines) is 1. The van der Waals surface area contributed by atoms with Crippen molar-refractivity contribution in [2.45, 2.75) is 78.4 Å². The molecule has 0 radical (unpaired) electrons. The summed E-state index contributed by atoms with van der Waals surface area (Å²) in [6.45, 7) is 10.8. The molecule has 0 aromatic rings. The second-order valence-corrected chi connectivity index (χ2v) is 12.8. The van der Waals surface area contributed by atoms with Crippen LogP contribution in [0.5, 0.6) is 0 Å². The summed E-state index contributed by atoms with van der Waals surface area (Å²) in [5.74, 6) is -2.06. The average molecular weight is 530 g/mol. The van der Waals surface area contributed by atoms with Crippen molar-refractivity contribution in [3.63, 3.8) is 0 Å². The van der Waals surface area contributed by atoms with Crippen LogP contribution in [0.25, 0.3) is 0 Å². The highest BCUT2D eigenvalue weighted by atomic mass is 16.2. The fourth-order valence-electron chi connectivity index (χ4n) is 6.34. The molecule has 0 aromatic carbocycles. The van der Waals surface area contributed by atoms with E-state index in [1.54, 1.807) is 4.90 Å². The normalized spacial score (nSPS) is 32.2. The Kier molecular flexibility index (Phi) is 7.91. The molecule has 2 heterocycles. The molecule has 5 amide bonds. The summed E-state index contributed by atoms with van der Waals surface area (Å²) in [5.41, 5.74) is 5.08. The standard InChI is InChI=1S/C28H43N5O5/c1-14-6-7-15(2)20-18(14)13-33(27(38)22(28(3,4)5)32-25(36)16-8-9-16)21(20)26(37)31-19(23(29)34)12-17-10-11-30-24(17)35/h6-7,14-22H,8-13H2,1-5H3,(H2,29,34)(H,30,35)(H,31,37)(H,32,36)/t14-,15+,17-,18+,19-,20-,21-,22+/m0/s1. The summed E-state index contributed by atoms with van der Waals surface area (Å²) in [6, 6.07) is -2.64. The van der Waals surface area contributed by atoms with Crippen LogP contribution in [0.1, 0.15) is 60.3 Å². The van der Waals surface area contributed by atoms with Crippen LogP contribution in [-0.2, 0) is 24.0 Å². The summed E-state index contributed by atoms with van der Waals surface area (Å²) in [6.07, 6.45) is 6.56. The third-order valence-electron chi connectivity index (χ3n) is 8.85. The van der Waals surface area contributed by atoms with Gasteiger partial charge in [-0.1, -0.05) is 46.8 Å². The van der Waals surface area contributed by atoms with Gasteiger partial charge in [0.2, 0.25) is 29.5 Å². The van der Waals surface area contributed by atoms with Gasteiger partial charge in [0.15, 0.2) is 0 Å². The molecular formula is C28H43N5O5. The number of amides is 5. The average Bonchev–Trinajstić information content (AvgIpc) is 3.49. The molecule has 2 aliphatic carbocycles. The first-order chi connectivity index (χ1) is 17.8. The third kappa shape index (κ3) is 5.73. The van der Waals surface area contributed by atoms with Gasteiger partial charge < -0.3 is 26.6 Å². The second-order valence-electron chi connectivity index (χ2n) is 12.8. The highest BCUT2D eigenvalue weighted by Crippen LogP contribution is 2.44. The zero-order valence-electron chi connectivity index (χ0n) is 23.2. The Bertz CT molecular complexity index is 1020. The molecule has 10 heteroatoms. The molecule has 38 heavy (non-hydrogen) atoms. The predicted molar refractivity (Wildman–Crippen MR) is 141 cm³/mol. The Morgan fingerprint density at radius 3 is 2.26 bits per heavy atom. The predicted octanol–water partition coefficient (Wildman–Crippen LogP) is 0.709. The van der Waals surface area contributed by atoms with Gasteiger partial charge in [0.05, 0.1) is 0 Å². The smallest absolute Gasteiger partial charge is 0.246 e. The summed E-state index contributed by atoms with van der Waals surface area (Å²) >= 11 is 0. The molecule has 4 aliphatic rings. The Balaban J connectivity index is 1.61. The lowest BCUT2D eigenvalue weighted by atomic mass is 9.71. The lowest BCUT2D eigenvalue weighted by molar-refractivity contribution is -0.145. The number of primary amides is 1. The molecule has 0 spiro atoms. The van der Waals surface area contributed by atoms with E-state index in [9.17, 15) is 24.0 Å². The molecule has 0 aromatic heterocycles. The first kappa shape index (κ1) is 28.1. The van der Waals surface area contributed by atoms with E-state index in [2.05, 4.69) is 35.0 Å². The fraction of sp³-hybridized carbons (Fsp3) is 0.750. The fourth-order valence-corrected chi connectivity index (χ4v) is 6.34. The molecule has 5 N–H and O–H groups in total. The minimum absolute atomic E-state index is 0.0338. The minimum atomic E-state index is -1.02. The molecule has 2 aliphatic heterocycles. The maximum Gasteiger partial charge on any atom is 0.246 e. The molecule has 2 saturated heterocycles. The van der Waals surface area contributed by atoms with E-state index < -0.39 is 41.3 Å². The van der Waals surface area contributed by atoms with Gasteiger partial charge in [0, 0.05) is 24.9 Å². The molecule has 210 valence electrons. The SMILES string of the molecule is C[C@@H]1C=C[C@H](C)[C@H]2CN(C(=O)[C@@H](NC(=O)C3CC3)C(C)(C)C)[C@H](C(=O)N[C@@H](C[C@@H]3CCNC3=O)C(N)=O)[C@H]21. The van der Waals surface area contributed by atoms with Crippen LogP contribution in [0.3, 0.4) is 0 Å². The first-order valence-electron chi connectivity index (χ1n) is 14.0. The summed E-state index contributed by atoms with van der Waals surface area (Å²) < 4.78 is 0. The van der Waals surface area contributed by atoms with Gasteiger partial charge in [-0.15, -0.1) is 0 Å². The van der Waals surface area contributed by atoms with E-state index in [0.29, 0.717) is 19.5 Å². The van der Waals surface area contributed by atoms with Crippen LogP contribution in [-0.4, -0.2) is 65.7 Å². The topological polar surface area (TPSA) is 151 Å². The largest absolute Gasteiger partial charge is 0.368 e. The molecule has 0 unspecified atom stereocenters. The Hall–Kier alpha value is -2.91. The first-order valence-corrected chi connectivity index (χ1v) is 14.0. The van der Waals surface area contributed by atoms with E-state index in [4.69, 9.17) is 5.73 Å². The number of nitrogens with two attached hydrogens (primary N) is 1. The highest BCUT2D eigenvalue weighted by Gasteiger charge is 2.54. The van der Waals surface area contributed by atoms with Crippen LogP contribution in [0.2, 0.25) is 0 Å². The molecule has 10 nitrogen and oxygen atoms in total. The molecule has 3 fully saturated rings. The van der Waals surface area contributed by atoms with E-state index >= 15 is 0 Å². The molecule has 4 rings (SSSR count). The number of carbonyl (C=O) groups excluding carboxylic acids is 5. The van der Waals surface area contributed by atoms with Crippen LogP contribution in [0.15, 0.2) is 12.2 Å². The van der Waals surface area contributed by atoms with Gasteiger partial charge in [-0.25, -0.2) is 0 Å². The maximum atomic E-state index is 14.1. The van der Waals surface area contributed by atoms with Crippen molar-refractivity contribution in [1.82, 2.24) is 20.9 Å². The van der Waals surface area contributed by atoms with E-state index in [-0.39, 0.29) is 53.7 Å². The molecule has 8 atom stereocenters. The van der Waals surface area contributed by atoms with Crippen LogP contribution >= 0.6 is 0 Å². The molecular weight excluding hydrogens is 486 g/mol. The number of nitrogens with zero attached hydrogens (tertiary/aromatic N) is 1. The minimum Gasteiger partial charge on any atom is -0.368 e. The lowest BCUT2D eigenvalue weighted by Gasteiger charge is -2.37. The summed E-state index contributed by atoms with van der Waals surface area (Å²) in [7, 11) is 0. The van der Waals surface area contributed by atoms with Crippen LogP contribution < -0.4 is 21.7 Å². The lowest BCUT2D eigenvalue weighted by Crippen LogP contribution is -2.60. The maximum absolute atomic E-state index is 14.1. The van der Waals surface area contributed by atoms with Gasteiger partial charge in [-0.3, -0.25) is 24.0 Å². The Morgan fingerprint density at radius 2 is 1.71 bits per heavy atom. The van der Waals surface area contributed by atoms with Gasteiger partial charge in [0.25, 0.3) is 0 Å². The summed E-state index contributed by atoms with van der Waals surface area (Å²) in [4.78, 5) is 66.9. The number of rotatable bonds is 8. The van der Waals surface area contributed by atoms with Crippen molar-refractivity contribution >= 4 is 29.5 Å². The van der Waals surface area contributed by atoms with Crippen LogP contribution in [0.4, 0.5) is 0 Å². The van der Waals surface area contributed by atoms with Crippen molar-refractivity contribution in [3.8, 4) is 0 Å². The Morgan fingerprint density at radius 1 is 1.05 bits per heavy atom. The van der Waals surface area contributed by atoms with Gasteiger partial charge >= 0.3 is 0 Å². The monoisotopic (exact) mass is 529 g/mol. The van der Waals surface area contributed by atoms with Crippen molar-refractivity contribution in [3.05, 3.63) is 12.2 Å². The van der Waals surface area contributed by atoms with E-state index in [0.717, 1.165) is 12.8 Å². The quantitative estimate of drug-likeness (QED) is 0.342. The molecule has 0 bridgehead atoms. The van der Waals surface area contributed by atoms with Gasteiger partial charge in [-0.2, -0.15) is 0 Å². The number of hydrogen-bond donors (Lipinski definition) is 4. The highest BCUT2D eigenvalue weighted by molar-refractivity contribution is 5.96. The van der Waals surface area contributed by atoms with Crippen molar-refractivity contribution in [2.24, 2.45) is 46.7 Å². The van der Waals surface area contributed by atoms with E-state index in [1.807, 2.05) is 27.7 Å². The number of allylic oxidation sites excluding steroid dienone is 2. The van der Waals surface area contributed by atoms with Crippen molar-refractivity contribution in [2.75, 3.05) is 13.1 Å². The van der Waals surface area contributed by atoms with Crippen molar-refractivity contribution in [1.29, 1.82) is 0 Å². The third-order valence-corrected chi connectivity index (χ3v) is 8.85. The van der Waals surface area contributed by atoms with Crippen LogP contribution in [0, 0.1) is 40.9 Å². The second kappa shape index (κ2) is 10.7. The number of nitrogens with one attached hydrogen (secondary N) is 3. The van der Waals surface area contributed by atoms with E-state index in [1.165, 1.54) is 0 Å². The Labute approximate surface area is 224 Å². The summed E-state index contributed by atoms with van der Waals surface area (Å²) in [5, 5.41) is 8.53. The van der Waals surface area contributed by atoms with Gasteiger partial charge in [0.1, 0.15) is 18.1 Å². The number of hydrogen-bond acceptors (Lipinski definition) is 5. The zero-order valence-corrected chi connectivity index (χ0v) is 23.2. The number of fused-ring (bicyclic) bond motifs is 1. The van der Waals surface area contributed by atoms with Crippen molar-refractivity contribution < 1.29 is 24.0 Å². The number of carbonyl (C=O) groups is 5. The molecule has 1 saturated carbocycles.